The molecule has 1 aromatic rings. The van der Waals surface area contributed by atoms with Crippen LogP contribution < -0.4 is 10.5 Å². The first-order chi connectivity index (χ1) is 10.1. The highest BCUT2D eigenvalue weighted by atomic mass is 16.6. The second-order valence-electron chi connectivity index (χ2n) is 5.45. The Bertz CT molecular complexity index is 496. The minimum atomic E-state index is -0.626. The summed E-state index contributed by atoms with van der Waals surface area (Å²) in [6.45, 7) is 3.55. The molecule has 0 aliphatic heterocycles. The minimum absolute atomic E-state index is 0.251. The number of esters is 1. The maximum atomic E-state index is 11.8. The van der Waals surface area contributed by atoms with Gasteiger partial charge in [-0.05, 0) is 50.8 Å². The van der Waals surface area contributed by atoms with Crippen LogP contribution in [0.5, 0.6) is 5.75 Å². The lowest BCUT2D eigenvalue weighted by atomic mass is 10.0. The monoisotopic (exact) mass is 289 g/mol. The number of para-hydroxylation sites is 1. The van der Waals surface area contributed by atoms with Crippen LogP contribution in [0.4, 0.5) is 0 Å². The molecule has 1 aromatic carbocycles. The number of hydrogen-bond acceptors (Lipinski definition) is 4. The molecule has 0 spiro atoms. The van der Waals surface area contributed by atoms with Gasteiger partial charge in [-0.25, -0.2) is 0 Å². The molecule has 0 saturated heterocycles. The van der Waals surface area contributed by atoms with Crippen LogP contribution in [0.3, 0.4) is 0 Å². The van der Waals surface area contributed by atoms with E-state index in [1.807, 2.05) is 37.3 Å². The Hall–Kier alpha value is -1.81. The van der Waals surface area contributed by atoms with Crippen molar-refractivity contribution in [3.05, 3.63) is 42.0 Å². The standard InChI is InChI=1S/C17H23NO3/c1-12(18)17(19)21-16(14-8-6-7-9-14)13(2)20-15-10-4-3-5-11-15/h3-5,8,10-13,16H,6-7,9,18H2,1-2H3/t12-,13-,16+/m0/s1. The van der Waals surface area contributed by atoms with Crippen molar-refractivity contribution in [1.82, 2.24) is 0 Å². The van der Waals surface area contributed by atoms with Crippen LogP contribution in [-0.2, 0) is 9.53 Å². The van der Waals surface area contributed by atoms with Crippen molar-refractivity contribution in [1.29, 1.82) is 0 Å². The van der Waals surface area contributed by atoms with Crippen molar-refractivity contribution >= 4 is 5.97 Å². The average Bonchev–Trinajstić information content (AvgIpc) is 2.99. The third-order valence-corrected chi connectivity index (χ3v) is 3.55. The molecular weight excluding hydrogens is 266 g/mol. The average molecular weight is 289 g/mol. The first kappa shape index (κ1) is 15.6. The van der Waals surface area contributed by atoms with Crippen LogP contribution in [0.2, 0.25) is 0 Å². The minimum Gasteiger partial charge on any atom is -0.486 e. The van der Waals surface area contributed by atoms with Gasteiger partial charge in [0.25, 0.3) is 0 Å². The van der Waals surface area contributed by atoms with Crippen LogP contribution in [-0.4, -0.2) is 24.2 Å². The molecule has 0 radical (unpaired) electrons. The van der Waals surface area contributed by atoms with Gasteiger partial charge in [0.05, 0.1) is 0 Å². The molecule has 1 aliphatic rings. The third-order valence-electron chi connectivity index (χ3n) is 3.55. The van der Waals surface area contributed by atoms with E-state index in [9.17, 15) is 4.79 Å². The van der Waals surface area contributed by atoms with Crippen LogP contribution in [0, 0.1) is 0 Å². The Balaban J connectivity index is 2.08. The zero-order chi connectivity index (χ0) is 15.2. The second kappa shape index (κ2) is 7.27. The van der Waals surface area contributed by atoms with E-state index >= 15 is 0 Å². The number of hydrogen-bond donors (Lipinski definition) is 1. The molecule has 3 atom stereocenters. The molecule has 0 saturated carbocycles. The van der Waals surface area contributed by atoms with Gasteiger partial charge in [-0.15, -0.1) is 0 Å². The molecule has 0 amide bonds. The summed E-state index contributed by atoms with van der Waals surface area (Å²) in [5.41, 5.74) is 6.73. The van der Waals surface area contributed by atoms with Gasteiger partial charge in [-0.3, -0.25) is 4.79 Å². The van der Waals surface area contributed by atoms with Gasteiger partial charge in [0, 0.05) is 0 Å². The smallest absolute Gasteiger partial charge is 0.323 e. The van der Waals surface area contributed by atoms with Gasteiger partial charge >= 0.3 is 5.97 Å². The Morgan fingerprint density at radius 3 is 2.52 bits per heavy atom. The van der Waals surface area contributed by atoms with Crippen LogP contribution in [0.1, 0.15) is 33.1 Å². The van der Waals surface area contributed by atoms with Gasteiger partial charge in [0.1, 0.15) is 17.9 Å². The molecule has 114 valence electrons. The predicted molar refractivity (Wildman–Crippen MR) is 82.0 cm³/mol. The quantitative estimate of drug-likeness (QED) is 0.646. The lowest BCUT2D eigenvalue weighted by Crippen LogP contribution is -2.39. The van der Waals surface area contributed by atoms with Gasteiger partial charge in [0.15, 0.2) is 6.10 Å². The summed E-state index contributed by atoms with van der Waals surface area (Å²) in [7, 11) is 0. The SMILES string of the molecule is C[C@H](N)C(=O)O[C@@H](C1=CCCC1)[C@H](C)Oc1ccccc1. The molecule has 0 bridgehead atoms. The first-order valence-electron chi connectivity index (χ1n) is 7.44. The molecule has 4 nitrogen and oxygen atoms in total. The number of nitrogens with two attached hydrogens (primary N) is 1. The summed E-state index contributed by atoms with van der Waals surface area (Å²) in [5, 5.41) is 0. The van der Waals surface area contributed by atoms with E-state index in [2.05, 4.69) is 6.08 Å². The molecule has 0 unspecified atom stereocenters. The molecular formula is C17H23NO3. The summed E-state index contributed by atoms with van der Waals surface area (Å²) in [5.74, 6) is 0.377. The van der Waals surface area contributed by atoms with E-state index < -0.39 is 12.0 Å². The van der Waals surface area contributed by atoms with Crippen molar-refractivity contribution in [2.24, 2.45) is 5.73 Å². The molecule has 2 N–H and O–H groups in total. The summed E-state index contributed by atoms with van der Waals surface area (Å²) >= 11 is 0. The normalized spacial score (nSPS) is 18.5. The fraction of sp³-hybridized carbons (Fsp3) is 0.471. The van der Waals surface area contributed by atoms with E-state index in [4.69, 9.17) is 15.2 Å². The van der Waals surface area contributed by atoms with E-state index in [-0.39, 0.29) is 12.2 Å². The lowest BCUT2D eigenvalue weighted by molar-refractivity contribution is -0.152. The Morgan fingerprint density at radius 2 is 1.95 bits per heavy atom. The van der Waals surface area contributed by atoms with Gasteiger partial charge in [-0.1, -0.05) is 24.3 Å². The van der Waals surface area contributed by atoms with Crippen molar-refractivity contribution in [3.8, 4) is 5.75 Å². The van der Waals surface area contributed by atoms with Crippen molar-refractivity contribution in [2.45, 2.75) is 51.4 Å². The summed E-state index contributed by atoms with van der Waals surface area (Å²) < 4.78 is 11.5. The van der Waals surface area contributed by atoms with Crippen LogP contribution in [0.25, 0.3) is 0 Å². The number of benzene rings is 1. The molecule has 1 aliphatic carbocycles. The van der Waals surface area contributed by atoms with Gasteiger partial charge in [0.2, 0.25) is 0 Å². The highest BCUT2D eigenvalue weighted by Gasteiger charge is 2.29. The van der Waals surface area contributed by atoms with Crippen molar-refractivity contribution in [3.63, 3.8) is 0 Å². The molecule has 0 fully saturated rings. The number of allylic oxidation sites excluding steroid dienone is 1. The predicted octanol–water partition coefficient (Wildman–Crippen LogP) is 2.82. The van der Waals surface area contributed by atoms with Crippen LogP contribution in [0.15, 0.2) is 42.0 Å². The number of carbonyl (C=O) groups excluding carboxylic acids is 1. The highest BCUT2D eigenvalue weighted by molar-refractivity contribution is 5.75. The van der Waals surface area contributed by atoms with E-state index in [0.29, 0.717) is 0 Å². The highest BCUT2D eigenvalue weighted by Crippen LogP contribution is 2.27. The number of rotatable bonds is 6. The summed E-state index contributed by atoms with van der Waals surface area (Å²) in [6.07, 6.45) is 4.59. The number of carbonyl (C=O) groups is 1. The zero-order valence-electron chi connectivity index (χ0n) is 12.6. The molecule has 21 heavy (non-hydrogen) atoms. The largest absolute Gasteiger partial charge is 0.486 e. The Morgan fingerprint density at radius 1 is 1.24 bits per heavy atom. The van der Waals surface area contributed by atoms with Crippen LogP contribution >= 0.6 is 0 Å². The molecule has 2 rings (SSSR count). The fourth-order valence-corrected chi connectivity index (χ4v) is 2.44. The topological polar surface area (TPSA) is 61.6 Å². The molecule has 4 heteroatoms. The first-order valence-corrected chi connectivity index (χ1v) is 7.44. The second-order valence-corrected chi connectivity index (χ2v) is 5.45. The molecule has 0 heterocycles. The summed E-state index contributed by atoms with van der Waals surface area (Å²) in [4.78, 5) is 11.8. The lowest BCUT2D eigenvalue weighted by Gasteiger charge is -2.27. The Kier molecular flexibility index (Phi) is 5.39. The Labute approximate surface area is 125 Å². The van der Waals surface area contributed by atoms with Gasteiger partial charge in [-0.2, -0.15) is 0 Å². The van der Waals surface area contributed by atoms with E-state index in [1.165, 1.54) is 0 Å². The maximum Gasteiger partial charge on any atom is 0.323 e. The third kappa shape index (κ3) is 4.33. The van der Waals surface area contributed by atoms with Crippen molar-refractivity contribution < 1.29 is 14.3 Å². The van der Waals surface area contributed by atoms with E-state index in [0.717, 1.165) is 30.6 Å². The fourth-order valence-electron chi connectivity index (χ4n) is 2.44. The zero-order valence-corrected chi connectivity index (χ0v) is 12.6. The maximum absolute atomic E-state index is 11.8. The van der Waals surface area contributed by atoms with Crippen molar-refractivity contribution in [2.75, 3.05) is 0 Å². The summed E-state index contributed by atoms with van der Waals surface area (Å²) in [6, 6.07) is 8.93. The molecule has 0 aromatic heterocycles. The van der Waals surface area contributed by atoms with Gasteiger partial charge < -0.3 is 15.2 Å². The number of ether oxygens (including phenoxy) is 2. The van der Waals surface area contributed by atoms with E-state index in [1.54, 1.807) is 6.92 Å².